The number of halogens is 1. The molecule has 1 saturated heterocycles. The van der Waals surface area contributed by atoms with Crippen LogP contribution in [0.1, 0.15) is 12.6 Å². The normalized spacial score (nSPS) is 22.6. The van der Waals surface area contributed by atoms with Gasteiger partial charge in [0.25, 0.3) is 0 Å². The summed E-state index contributed by atoms with van der Waals surface area (Å²) >= 11 is 0. The second kappa shape index (κ2) is 5.96. The number of H-pyrrole nitrogens is 1. The molecule has 28 heavy (non-hydrogen) atoms. The molecule has 0 spiro atoms. The van der Waals surface area contributed by atoms with Crippen molar-refractivity contribution in [1.29, 1.82) is 0 Å². The third kappa shape index (κ3) is 2.39. The van der Waals surface area contributed by atoms with Crippen molar-refractivity contribution in [2.75, 3.05) is 6.61 Å². The standard InChI is InChI=1S/C18H15FN4O5/c19-9-1-2-11-8(3-9)4-12-10-6-22(15-5-13(25)14(7-24)28-15)17(26)20-16(10)21-18(27)23(11)12/h1-4,6,13-15,24-25H,5,7H2,(H,20,21,26,27)/t13-,14+,15+/m0/s1. The fraction of sp³-hybridized carbons (Fsp3) is 0.278. The summed E-state index contributed by atoms with van der Waals surface area (Å²) in [6.45, 7) is -0.374. The highest BCUT2D eigenvalue weighted by molar-refractivity contribution is 5.98. The van der Waals surface area contributed by atoms with Crippen LogP contribution < -0.4 is 11.4 Å². The monoisotopic (exact) mass is 386 g/mol. The fourth-order valence-corrected chi connectivity index (χ4v) is 3.77. The Hall–Kier alpha value is -3.08. The van der Waals surface area contributed by atoms with Crippen LogP contribution in [-0.2, 0) is 4.74 Å². The zero-order valence-electron chi connectivity index (χ0n) is 14.4. The number of nitrogens with zero attached hydrogens (tertiary/aromatic N) is 3. The number of benzene rings is 1. The second-order valence-corrected chi connectivity index (χ2v) is 6.81. The largest absolute Gasteiger partial charge is 0.394 e. The lowest BCUT2D eigenvalue weighted by Crippen LogP contribution is -2.29. The minimum atomic E-state index is -0.910. The number of aliphatic hydroxyl groups excluding tert-OH is 2. The van der Waals surface area contributed by atoms with Crippen molar-refractivity contribution in [1.82, 2.24) is 18.9 Å². The molecule has 3 aromatic heterocycles. The average Bonchev–Trinajstić information content (AvgIpc) is 3.21. The number of nitrogens with one attached hydrogen (secondary N) is 1. The third-order valence-electron chi connectivity index (χ3n) is 5.11. The van der Waals surface area contributed by atoms with Gasteiger partial charge in [0.15, 0.2) is 5.65 Å². The molecule has 9 nitrogen and oxygen atoms in total. The number of hydrogen-bond donors (Lipinski definition) is 3. The summed E-state index contributed by atoms with van der Waals surface area (Å²) in [5.74, 6) is -0.428. The highest BCUT2D eigenvalue weighted by Crippen LogP contribution is 2.29. The van der Waals surface area contributed by atoms with Crippen LogP contribution >= 0.6 is 0 Å². The van der Waals surface area contributed by atoms with Gasteiger partial charge in [-0.15, -0.1) is 0 Å². The quantitative estimate of drug-likeness (QED) is 0.455. The van der Waals surface area contributed by atoms with Gasteiger partial charge in [0, 0.05) is 18.0 Å². The van der Waals surface area contributed by atoms with E-state index in [1.54, 1.807) is 6.07 Å². The summed E-state index contributed by atoms with van der Waals surface area (Å²) in [5.41, 5.74) is -0.0885. The van der Waals surface area contributed by atoms with Crippen molar-refractivity contribution in [3.8, 4) is 0 Å². The molecule has 0 amide bonds. The molecule has 3 atom stereocenters. The first-order valence-electron chi connectivity index (χ1n) is 8.66. The van der Waals surface area contributed by atoms with Crippen LogP contribution in [0, 0.1) is 5.82 Å². The number of rotatable bonds is 2. The number of hydrogen-bond acceptors (Lipinski definition) is 6. The highest BCUT2D eigenvalue weighted by Gasteiger charge is 2.35. The molecular formula is C18H15FN4O5. The first-order valence-corrected chi connectivity index (χ1v) is 8.66. The summed E-state index contributed by atoms with van der Waals surface area (Å²) in [5, 5.41) is 20.2. The predicted molar refractivity (Wildman–Crippen MR) is 96.7 cm³/mol. The van der Waals surface area contributed by atoms with E-state index in [4.69, 9.17) is 4.74 Å². The molecule has 0 unspecified atom stereocenters. The zero-order valence-corrected chi connectivity index (χ0v) is 14.4. The van der Waals surface area contributed by atoms with Gasteiger partial charge in [0.05, 0.1) is 29.1 Å². The Bertz CT molecular complexity index is 1360. The summed E-state index contributed by atoms with van der Waals surface area (Å²) in [6, 6.07) is 5.73. The minimum absolute atomic E-state index is 0.0966. The maximum Gasteiger partial charge on any atom is 0.351 e. The molecule has 3 N–H and O–H groups in total. The number of aliphatic hydroxyl groups is 2. The average molecular weight is 386 g/mol. The van der Waals surface area contributed by atoms with Gasteiger partial charge in [-0.3, -0.25) is 14.0 Å². The molecule has 144 valence electrons. The van der Waals surface area contributed by atoms with E-state index < -0.39 is 35.6 Å². The summed E-state index contributed by atoms with van der Waals surface area (Å²) in [4.78, 5) is 31.5. The Labute approximate surface area is 155 Å². The van der Waals surface area contributed by atoms with Crippen molar-refractivity contribution in [2.45, 2.75) is 24.9 Å². The lowest BCUT2D eigenvalue weighted by Gasteiger charge is -2.15. The van der Waals surface area contributed by atoms with Crippen molar-refractivity contribution >= 4 is 27.5 Å². The molecule has 0 aliphatic carbocycles. The molecule has 5 rings (SSSR count). The van der Waals surface area contributed by atoms with Crippen LogP contribution in [0.15, 0.2) is 40.1 Å². The Morgan fingerprint density at radius 2 is 2.11 bits per heavy atom. The highest BCUT2D eigenvalue weighted by atomic mass is 19.1. The number of aromatic nitrogens is 4. The van der Waals surface area contributed by atoms with Gasteiger partial charge in [-0.25, -0.2) is 14.0 Å². The number of ether oxygens (including phenoxy) is 1. The van der Waals surface area contributed by atoms with E-state index in [1.165, 1.54) is 33.4 Å². The third-order valence-corrected chi connectivity index (χ3v) is 5.11. The first-order chi connectivity index (χ1) is 13.5. The van der Waals surface area contributed by atoms with Crippen LogP contribution in [0.5, 0.6) is 0 Å². The lowest BCUT2D eigenvalue weighted by atomic mass is 10.2. The van der Waals surface area contributed by atoms with E-state index in [-0.39, 0.29) is 18.7 Å². The van der Waals surface area contributed by atoms with E-state index in [9.17, 15) is 24.2 Å². The SMILES string of the molecule is O=c1nc2[nH]c(=O)n3c4ccc(F)cc4cc3c2cn1[C@H]1C[C@H](O)[C@@H](CO)O1. The number of aromatic amines is 1. The molecule has 1 aliphatic rings. The van der Waals surface area contributed by atoms with Gasteiger partial charge in [-0.05, 0) is 24.3 Å². The molecule has 1 aliphatic heterocycles. The second-order valence-electron chi connectivity index (χ2n) is 6.81. The Kier molecular flexibility index (Phi) is 3.63. The first kappa shape index (κ1) is 17.0. The van der Waals surface area contributed by atoms with E-state index in [2.05, 4.69) is 9.97 Å². The van der Waals surface area contributed by atoms with Crippen molar-refractivity contribution in [3.05, 3.63) is 57.2 Å². The molecule has 0 bridgehead atoms. The van der Waals surface area contributed by atoms with E-state index >= 15 is 0 Å². The van der Waals surface area contributed by atoms with Crippen LogP contribution in [0.4, 0.5) is 4.39 Å². The van der Waals surface area contributed by atoms with Crippen molar-refractivity contribution in [2.24, 2.45) is 0 Å². The summed E-state index contributed by atoms with van der Waals surface area (Å²) in [6.07, 6.45) is -0.895. The minimum Gasteiger partial charge on any atom is -0.394 e. The predicted octanol–water partition coefficient (Wildman–Crippen LogP) is 0.270. The Morgan fingerprint density at radius 3 is 2.86 bits per heavy atom. The van der Waals surface area contributed by atoms with E-state index in [0.717, 1.165) is 0 Å². The summed E-state index contributed by atoms with van der Waals surface area (Å²) in [7, 11) is 0. The van der Waals surface area contributed by atoms with Gasteiger partial charge in [0.1, 0.15) is 18.1 Å². The Balaban J connectivity index is 1.79. The van der Waals surface area contributed by atoms with Gasteiger partial charge in [-0.2, -0.15) is 4.98 Å². The van der Waals surface area contributed by atoms with Gasteiger partial charge < -0.3 is 14.9 Å². The maximum atomic E-state index is 13.6. The molecule has 0 saturated carbocycles. The zero-order chi connectivity index (χ0) is 19.6. The molecule has 1 aromatic carbocycles. The van der Waals surface area contributed by atoms with E-state index in [0.29, 0.717) is 21.8 Å². The summed E-state index contributed by atoms with van der Waals surface area (Å²) < 4.78 is 21.7. The van der Waals surface area contributed by atoms with Crippen LogP contribution in [0.3, 0.4) is 0 Å². The number of fused-ring (bicyclic) bond motifs is 5. The van der Waals surface area contributed by atoms with Crippen molar-refractivity contribution < 1.29 is 19.3 Å². The fourth-order valence-electron chi connectivity index (χ4n) is 3.77. The molecule has 10 heteroatoms. The van der Waals surface area contributed by atoms with E-state index in [1.807, 2.05) is 0 Å². The molecule has 4 aromatic rings. The van der Waals surface area contributed by atoms with Gasteiger partial charge in [0.2, 0.25) is 0 Å². The Morgan fingerprint density at radius 1 is 1.29 bits per heavy atom. The maximum absolute atomic E-state index is 13.6. The lowest BCUT2D eigenvalue weighted by molar-refractivity contribution is -0.0457. The topological polar surface area (TPSA) is 122 Å². The van der Waals surface area contributed by atoms with Crippen molar-refractivity contribution in [3.63, 3.8) is 0 Å². The van der Waals surface area contributed by atoms with Crippen LogP contribution in [-0.4, -0.2) is 48.0 Å². The van der Waals surface area contributed by atoms with Gasteiger partial charge in [-0.1, -0.05) is 0 Å². The molecule has 4 heterocycles. The van der Waals surface area contributed by atoms with Gasteiger partial charge >= 0.3 is 11.4 Å². The van der Waals surface area contributed by atoms with Crippen LogP contribution in [0.2, 0.25) is 0 Å². The molecule has 0 radical (unpaired) electrons. The smallest absolute Gasteiger partial charge is 0.351 e. The molecular weight excluding hydrogens is 371 g/mol. The molecule has 1 fully saturated rings. The van der Waals surface area contributed by atoms with Crippen LogP contribution in [0.25, 0.3) is 27.5 Å².